The van der Waals surface area contributed by atoms with Crippen molar-refractivity contribution in [3.8, 4) is 5.75 Å². The van der Waals surface area contributed by atoms with Crippen molar-refractivity contribution < 1.29 is 9.53 Å². The molecule has 0 saturated heterocycles. The van der Waals surface area contributed by atoms with Crippen LogP contribution in [0.2, 0.25) is 0 Å². The number of aromatic amines is 1. The Bertz CT molecular complexity index is 1160. The number of nitrogens with zero attached hydrogens (tertiary/aromatic N) is 1. The predicted molar refractivity (Wildman–Crippen MR) is 121 cm³/mol. The number of methoxy groups -OCH3 is 1. The zero-order valence-electron chi connectivity index (χ0n) is 17.7. The van der Waals surface area contributed by atoms with E-state index in [9.17, 15) is 4.79 Å². The third kappa shape index (κ3) is 3.08. The van der Waals surface area contributed by atoms with E-state index in [-0.39, 0.29) is 11.2 Å². The number of hydrogen-bond donors (Lipinski definition) is 1. The zero-order chi connectivity index (χ0) is 20.9. The van der Waals surface area contributed by atoms with Crippen molar-refractivity contribution in [1.29, 1.82) is 0 Å². The summed E-state index contributed by atoms with van der Waals surface area (Å²) in [4.78, 5) is 22.3. The molecule has 3 aromatic rings. The summed E-state index contributed by atoms with van der Waals surface area (Å²) in [6.45, 7) is 8.61. The van der Waals surface area contributed by atoms with Crippen LogP contribution in [0.4, 0.5) is 0 Å². The van der Waals surface area contributed by atoms with Crippen LogP contribution in [0.15, 0.2) is 40.2 Å². The van der Waals surface area contributed by atoms with Gasteiger partial charge in [0.1, 0.15) is 5.75 Å². The van der Waals surface area contributed by atoms with Gasteiger partial charge < -0.3 is 9.72 Å². The van der Waals surface area contributed by atoms with E-state index in [0.717, 1.165) is 49.5 Å². The number of fused-ring (bicyclic) bond motifs is 4. The molecule has 0 atom stereocenters. The number of nitrogens with one attached hydrogen (secondary N) is 1. The van der Waals surface area contributed by atoms with Gasteiger partial charge in [0.05, 0.1) is 17.6 Å². The summed E-state index contributed by atoms with van der Waals surface area (Å²) in [7, 11) is 3.45. The van der Waals surface area contributed by atoms with Crippen LogP contribution < -0.4 is 4.74 Å². The molecule has 0 bridgehead atoms. The van der Waals surface area contributed by atoms with Crippen molar-refractivity contribution in [1.82, 2.24) is 4.98 Å². The lowest BCUT2D eigenvalue weighted by atomic mass is 9.71. The third-order valence-electron chi connectivity index (χ3n) is 5.54. The molecule has 0 aliphatic heterocycles. The van der Waals surface area contributed by atoms with Crippen LogP contribution in [0.1, 0.15) is 60.4 Å². The molecule has 0 radical (unpaired) electrons. The van der Waals surface area contributed by atoms with E-state index in [1.54, 1.807) is 25.9 Å². The Balaban J connectivity index is 1.97. The van der Waals surface area contributed by atoms with Crippen LogP contribution in [-0.2, 0) is 5.41 Å². The SMILES string of the molecule is C/N=C/c1ccc2c3c([nH]c2c1)C(C)(C)c1cc(OC)c(SC(C)C)cc1C3=O. The number of ether oxygens (including phenoxy) is 1. The van der Waals surface area contributed by atoms with E-state index in [0.29, 0.717) is 5.25 Å². The van der Waals surface area contributed by atoms with Crippen LogP contribution in [0.5, 0.6) is 5.75 Å². The molecule has 0 unspecified atom stereocenters. The minimum absolute atomic E-state index is 0.0748. The van der Waals surface area contributed by atoms with E-state index >= 15 is 0 Å². The van der Waals surface area contributed by atoms with Crippen molar-refractivity contribution in [3.63, 3.8) is 0 Å². The molecule has 0 saturated carbocycles. The zero-order valence-corrected chi connectivity index (χ0v) is 18.5. The molecule has 1 heterocycles. The molecule has 1 aromatic heterocycles. The highest BCUT2D eigenvalue weighted by Crippen LogP contribution is 2.47. The number of aromatic nitrogens is 1. The summed E-state index contributed by atoms with van der Waals surface area (Å²) in [6, 6.07) is 10.1. The predicted octanol–water partition coefficient (Wildman–Crippen LogP) is 5.60. The van der Waals surface area contributed by atoms with E-state index in [4.69, 9.17) is 4.74 Å². The highest BCUT2D eigenvalue weighted by atomic mass is 32.2. The number of carbonyl (C=O) groups is 1. The average Bonchev–Trinajstić information content (AvgIpc) is 3.06. The Morgan fingerprint density at radius 1 is 1.21 bits per heavy atom. The van der Waals surface area contributed by atoms with E-state index in [1.807, 2.05) is 30.5 Å². The first kappa shape index (κ1) is 19.8. The second-order valence-electron chi connectivity index (χ2n) is 8.24. The maximum Gasteiger partial charge on any atom is 0.195 e. The molecule has 4 nitrogen and oxygen atoms in total. The van der Waals surface area contributed by atoms with Gasteiger partial charge in [-0.15, -0.1) is 11.8 Å². The number of benzene rings is 2. The molecule has 0 amide bonds. The monoisotopic (exact) mass is 406 g/mol. The van der Waals surface area contributed by atoms with Gasteiger partial charge in [0.25, 0.3) is 0 Å². The molecule has 5 heteroatoms. The lowest BCUT2D eigenvalue weighted by Gasteiger charge is -2.33. The molecular weight excluding hydrogens is 380 g/mol. The first-order valence-corrected chi connectivity index (χ1v) is 10.7. The van der Waals surface area contributed by atoms with Gasteiger partial charge in [0.15, 0.2) is 5.78 Å². The smallest absolute Gasteiger partial charge is 0.195 e. The topological polar surface area (TPSA) is 54.4 Å². The maximum atomic E-state index is 13.6. The van der Waals surface area contributed by atoms with Gasteiger partial charge in [0, 0.05) is 46.1 Å². The molecule has 1 aliphatic carbocycles. The summed E-state index contributed by atoms with van der Waals surface area (Å²) < 4.78 is 5.67. The minimum Gasteiger partial charge on any atom is -0.496 e. The molecule has 4 rings (SSSR count). The van der Waals surface area contributed by atoms with Gasteiger partial charge in [-0.2, -0.15) is 0 Å². The summed E-state index contributed by atoms with van der Waals surface area (Å²) in [6.07, 6.45) is 1.82. The maximum absolute atomic E-state index is 13.6. The molecule has 2 aromatic carbocycles. The normalized spacial score (nSPS) is 15.2. The van der Waals surface area contributed by atoms with Crippen molar-refractivity contribution >= 4 is 34.7 Å². The van der Waals surface area contributed by atoms with Crippen LogP contribution in [0, 0.1) is 0 Å². The number of thioether (sulfide) groups is 1. The van der Waals surface area contributed by atoms with Crippen LogP contribution >= 0.6 is 11.8 Å². The standard InChI is InChI=1S/C24H26N2O2S/c1-13(2)29-20-10-16-17(11-19(20)28-6)24(3,4)23-21(22(16)27)15-8-7-14(12-25-5)9-18(15)26-23/h7-13,26H,1-6H3/b25-12+. The molecule has 0 spiro atoms. The fourth-order valence-electron chi connectivity index (χ4n) is 4.19. The Kier molecular flexibility index (Phi) is 4.82. The van der Waals surface area contributed by atoms with Gasteiger partial charge in [-0.3, -0.25) is 9.79 Å². The van der Waals surface area contributed by atoms with Crippen LogP contribution in [-0.4, -0.2) is 36.4 Å². The summed E-state index contributed by atoms with van der Waals surface area (Å²) in [5.41, 5.74) is 5.15. The Morgan fingerprint density at radius 2 is 1.97 bits per heavy atom. The molecule has 150 valence electrons. The number of hydrogen-bond acceptors (Lipinski definition) is 4. The highest BCUT2D eigenvalue weighted by molar-refractivity contribution is 8.00. The lowest BCUT2D eigenvalue weighted by molar-refractivity contribution is 0.103. The van der Waals surface area contributed by atoms with Crippen molar-refractivity contribution in [2.45, 2.75) is 43.3 Å². The van der Waals surface area contributed by atoms with E-state index in [2.05, 4.69) is 43.7 Å². The summed E-state index contributed by atoms with van der Waals surface area (Å²) in [5.74, 6) is 0.898. The molecular formula is C24H26N2O2S. The minimum atomic E-state index is -0.342. The molecule has 1 aliphatic rings. The van der Waals surface area contributed by atoms with Crippen molar-refractivity contribution in [3.05, 3.63) is 58.3 Å². The van der Waals surface area contributed by atoms with Crippen LogP contribution in [0.25, 0.3) is 10.9 Å². The fraction of sp³-hybridized carbons (Fsp3) is 0.333. The average molecular weight is 407 g/mol. The molecule has 0 fully saturated rings. The highest BCUT2D eigenvalue weighted by Gasteiger charge is 2.40. The number of H-pyrrole nitrogens is 1. The number of aliphatic imine (C=N–C) groups is 1. The summed E-state index contributed by atoms with van der Waals surface area (Å²) in [5, 5.41) is 1.36. The number of rotatable bonds is 4. The van der Waals surface area contributed by atoms with Gasteiger partial charge in [-0.25, -0.2) is 0 Å². The van der Waals surface area contributed by atoms with Gasteiger partial charge in [-0.1, -0.05) is 39.8 Å². The molecule has 1 N–H and O–H groups in total. The second kappa shape index (κ2) is 7.06. The number of carbonyl (C=O) groups excluding carboxylic acids is 1. The van der Waals surface area contributed by atoms with Crippen molar-refractivity contribution in [2.24, 2.45) is 4.99 Å². The Hall–Kier alpha value is -2.53. The van der Waals surface area contributed by atoms with E-state index in [1.165, 1.54) is 0 Å². The quantitative estimate of drug-likeness (QED) is 0.453. The van der Waals surface area contributed by atoms with Gasteiger partial charge in [0.2, 0.25) is 0 Å². The first-order valence-electron chi connectivity index (χ1n) is 9.80. The lowest BCUT2D eigenvalue weighted by Crippen LogP contribution is -2.30. The summed E-state index contributed by atoms with van der Waals surface area (Å²) >= 11 is 1.72. The Labute approximate surface area is 175 Å². The second-order valence-corrected chi connectivity index (χ2v) is 9.86. The van der Waals surface area contributed by atoms with Gasteiger partial charge >= 0.3 is 0 Å². The van der Waals surface area contributed by atoms with Crippen LogP contribution in [0.3, 0.4) is 0 Å². The fourth-order valence-corrected chi connectivity index (χ4v) is 5.14. The van der Waals surface area contributed by atoms with Gasteiger partial charge in [-0.05, 0) is 29.3 Å². The first-order chi connectivity index (χ1) is 13.8. The van der Waals surface area contributed by atoms with E-state index < -0.39 is 0 Å². The Morgan fingerprint density at radius 3 is 2.62 bits per heavy atom. The third-order valence-corrected chi connectivity index (χ3v) is 6.58. The molecule has 29 heavy (non-hydrogen) atoms. The largest absolute Gasteiger partial charge is 0.496 e. The number of ketones is 1. The van der Waals surface area contributed by atoms with Crippen molar-refractivity contribution in [2.75, 3.05) is 14.2 Å².